The summed E-state index contributed by atoms with van der Waals surface area (Å²) in [5, 5.41) is 0. The van der Waals surface area contributed by atoms with E-state index in [1.807, 2.05) is 19.1 Å². The van der Waals surface area contributed by atoms with Gasteiger partial charge in [-0.1, -0.05) is 0 Å². The molecular formula is C15H22N2O4S. The number of hydrogen-bond donors (Lipinski definition) is 0. The summed E-state index contributed by atoms with van der Waals surface area (Å²) < 4.78 is 10.7. The lowest BCUT2D eigenvalue weighted by Gasteiger charge is -2.26. The van der Waals surface area contributed by atoms with Crippen LogP contribution in [0.25, 0.3) is 0 Å². The number of carbonyl (C=O) groups is 2. The van der Waals surface area contributed by atoms with Crippen LogP contribution < -0.4 is 0 Å². The van der Waals surface area contributed by atoms with Crippen molar-refractivity contribution < 1.29 is 18.7 Å². The van der Waals surface area contributed by atoms with Gasteiger partial charge in [0, 0.05) is 20.1 Å². The number of rotatable bonds is 6. The molecule has 0 aliphatic carbocycles. The van der Waals surface area contributed by atoms with E-state index in [-0.39, 0.29) is 11.8 Å². The molecule has 6 nitrogen and oxygen atoms in total. The maximum absolute atomic E-state index is 12.0. The van der Waals surface area contributed by atoms with Crippen molar-refractivity contribution in [1.29, 1.82) is 0 Å². The fourth-order valence-corrected chi connectivity index (χ4v) is 2.99. The zero-order valence-corrected chi connectivity index (χ0v) is 13.9. The average molecular weight is 326 g/mol. The van der Waals surface area contributed by atoms with Gasteiger partial charge in [0.25, 0.3) is 0 Å². The van der Waals surface area contributed by atoms with E-state index in [0.717, 1.165) is 11.5 Å². The third-order valence-electron chi connectivity index (χ3n) is 3.43. The number of nitrogens with zero attached hydrogens (tertiary/aromatic N) is 2. The summed E-state index contributed by atoms with van der Waals surface area (Å²) in [7, 11) is 1.74. The van der Waals surface area contributed by atoms with Gasteiger partial charge in [-0.15, -0.1) is 11.8 Å². The first kappa shape index (κ1) is 16.9. The molecule has 0 unspecified atom stereocenters. The number of ether oxygens (including phenoxy) is 1. The Kier molecular flexibility index (Phi) is 6.33. The van der Waals surface area contributed by atoms with Gasteiger partial charge in [0.15, 0.2) is 0 Å². The van der Waals surface area contributed by atoms with Gasteiger partial charge < -0.3 is 19.0 Å². The van der Waals surface area contributed by atoms with E-state index < -0.39 is 0 Å². The molecular weight excluding hydrogens is 304 g/mol. The zero-order valence-electron chi connectivity index (χ0n) is 13.0. The van der Waals surface area contributed by atoms with Crippen LogP contribution in [0.15, 0.2) is 16.5 Å². The van der Waals surface area contributed by atoms with Crippen molar-refractivity contribution in [2.75, 3.05) is 44.9 Å². The highest BCUT2D eigenvalue weighted by atomic mass is 32.2. The van der Waals surface area contributed by atoms with Gasteiger partial charge in [-0.25, -0.2) is 0 Å². The number of hydrogen-bond acceptors (Lipinski definition) is 5. The highest BCUT2D eigenvalue weighted by Crippen LogP contribution is 2.11. The topological polar surface area (TPSA) is 63.0 Å². The Morgan fingerprint density at radius 2 is 2.00 bits per heavy atom. The van der Waals surface area contributed by atoms with E-state index in [4.69, 9.17) is 9.15 Å². The van der Waals surface area contributed by atoms with Crippen LogP contribution >= 0.6 is 11.8 Å². The molecule has 0 saturated carbocycles. The van der Waals surface area contributed by atoms with Crippen molar-refractivity contribution in [3.63, 3.8) is 0 Å². The fourth-order valence-electron chi connectivity index (χ4n) is 2.13. The van der Waals surface area contributed by atoms with E-state index in [1.165, 1.54) is 11.8 Å². The number of aryl methyl sites for hydroxylation is 1. The highest BCUT2D eigenvalue weighted by Gasteiger charge is 2.18. The third-order valence-corrected chi connectivity index (χ3v) is 4.33. The van der Waals surface area contributed by atoms with Crippen LogP contribution in [0.5, 0.6) is 0 Å². The lowest BCUT2D eigenvalue weighted by Crippen LogP contribution is -2.41. The molecule has 0 bridgehead atoms. The molecule has 2 amide bonds. The Bertz CT molecular complexity index is 511. The highest BCUT2D eigenvalue weighted by molar-refractivity contribution is 8.00. The summed E-state index contributed by atoms with van der Waals surface area (Å²) in [6, 6.07) is 3.75. The second kappa shape index (κ2) is 8.24. The Morgan fingerprint density at radius 1 is 1.27 bits per heavy atom. The summed E-state index contributed by atoms with van der Waals surface area (Å²) in [5.74, 6) is 2.30. The first-order valence-corrected chi connectivity index (χ1v) is 8.44. The van der Waals surface area contributed by atoms with Crippen molar-refractivity contribution in [2.45, 2.75) is 13.5 Å². The molecule has 2 rings (SSSR count). The molecule has 1 saturated heterocycles. The molecule has 0 N–H and O–H groups in total. The summed E-state index contributed by atoms with van der Waals surface area (Å²) >= 11 is 1.35. The third kappa shape index (κ3) is 5.06. The minimum Gasteiger partial charge on any atom is -0.464 e. The summed E-state index contributed by atoms with van der Waals surface area (Å²) in [6.07, 6.45) is 0. The first-order chi connectivity index (χ1) is 10.6. The molecule has 1 aromatic rings. The van der Waals surface area contributed by atoms with Crippen molar-refractivity contribution in [3.8, 4) is 0 Å². The molecule has 1 aliphatic rings. The molecule has 2 heterocycles. The molecule has 1 aromatic heterocycles. The molecule has 7 heteroatoms. The van der Waals surface area contributed by atoms with Crippen LogP contribution in [-0.2, 0) is 20.9 Å². The number of amides is 2. The Hall–Kier alpha value is -1.47. The average Bonchev–Trinajstić information content (AvgIpc) is 2.93. The Morgan fingerprint density at radius 3 is 2.64 bits per heavy atom. The quantitative estimate of drug-likeness (QED) is 0.784. The van der Waals surface area contributed by atoms with Gasteiger partial charge in [0.1, 0.15) is 11.5 Å². The summed E-state index contributed by atoms with van der Waals surface area (Å²) in [4.78, 5) is 27.4. The van der Waals surface area contributed by atoms with Crippen molar-refractivity contribution in [3.05, 3.63) is 23.7 Å². The minimum atomic E-state index is -0.00571. The van der Waals surface area contributed by atoms with E-state index in [1.54, 1.807) is 16.8 Å². The second-order valence-corrected chi connectivity index (χ2v) is 6.23. The van der Waals surface area contributed by atoms with Gasteiger partial charge in [-0.05, 0) is 19.1 Å². The molecule has 122 valence electrons. The predicted octanol–water partition coefficient (Wildman–Crippen LogP) is 1.14. The standard InChI is InChI=1S/C15H22N2O4S/c1-12-3-4-13(21-12)9-16(2)14(18)10-22-11-15(19)17-5-7-20-8-6-17/h3-4H,5-11H2,1-2H3. The van der Waals surface area contributed by atoms with E-state index >= 15 is 0 Å². The lowest BCUT2D eigenvalue weighted by atomic mass is 10.4. The first-order valence-electron chi connectivity index (χ1n) is 7.29. The van der Waals surface area contributed by atoms with Gasteiger partial charge >= 0.3 is 0 Å². The molecule has 1 fully saturated rings. The van der Waals surface area contributed by atoms with Gasteiger partial charge in [0.05, 0.1) is 31.3 Å². The van der Waals surface area contributed by atoms with Gasteiger partial charge in [-0.2, -0.15) is 0 Å². The SMILES string of the molecule is Cc1ccc(CN(C)C(=O)CSCC(=O)N2CCOCC2)o1. The Balaban J connectivity index is 1.67. The van der Waals surface area contributed by atoms with Crippen molar-refractivity contribution >= 4 is 23.6 Å². The lowest BCUT2D eigenvalue weighted by molar-refractivity contribution is -0.132. The van der Waals surface area contributed by atoms with Crippen LogP contribution in [-0.4, -0.2) is 66.5 Å². The number of furan rings is 1. The molecule has 22 heavy (non-hydrogen) atoms. The monoisotopic (exact) mass is 326 g/mol. The molecule has 0 radical (unpaired) electrons. The zero-order chi connectivity index (χ0) is 15.9. The van der Waals surface area contributed by atoms with Crippen LogP contribution in [0.1, 0.15) is 11.5 Å². The number of thioether (sulfide) groups is 1. The molecule has 0 atom stereocenters. The van der Waals surface area contributed by atoms with Crippen molar-refractivity contribution in [1.82, 2.24) is 9.80 Å². The largest absolute Gasteiger partial charge is 0.464 e. The number of carbonyl (C=O) groups excluding carboxylic acids is 2. The fraction of sp³-hybridized carbons (Fsp3) is 0.600. The maximum atomic E-state index is 12.0. The predicted molar refractivity (Wildman–Crippen MR) is 84.6 cm³/mol. The van der Waals surface area contributed by atoms with E-state index in [9.17, 15) is 9.59 Å². The summed E-state index contributed by atoms with van der Waals surface area (Å²) in [6.45, 7) is 4.81. The van der Waals surface area contributed by atoms with Gasteiger partial charge in [-0.3, -0.25) is 9.59 Å². The molecule has 1 aliphatic heterocycles. The number of morpholine rings is 1. The molecule has 0 aromatic carbocycles. The van der Waals surface area contributed by atoms with E-state index in [0.29, 0.717) is 44.4 Å². The van der Waals surface area contributed by atoms with Crippen LogP contribution in [0.4, 0.5) is 0 Å². The normalized spacial score (nSPS) is 14.9. The van der Waals surface area contributed by atoms with Crippen LogP contribution in [0.3, 0.4) is 0 Å². The second-order valence-electron chi connectivity index (χ2n) is 5.25. The maximum Gasteiger partial charge on any atom is 0.232 e. The van der Waals surface area contributed by atoms with Crippen LogP contribution in [0.2, 0.25) is 0 Å². The Labute approximate surface area is 134 Å². The smallest absolute Gasteiger partial charge is 0.232 e. The minimum absolute atomic E-state index is 0.00571. The van der Waals surface area contributed by atoms with Crippen molar-refractivity contribution in [2.24, 2.45) is 0 Å². The van der Waals surface area contributed by atoms with Crippen LogP contribution in [0, 0.1) is 6.92 Å². The van der Waals surface area contributed by atoms with Gasteiger partial charge in [0.2, 0.25) is 11.8 Å². The van der Waals surface area contributed by atoms with E-state index in [2.05, 4.69) is 0 Å². The molecule has 0 spiro atoms. The summed E-state index contributed by atoms with van der Waals surface area (Å²) in [5.41, 5.74) is 0.